The second-order valence-electron chi connectivity index (χ2n) is 6.45. The van der Waals surface area contributed by atoms with Crippen LogP contribution in [-0.2, 0) is 0 Å². The zero-order valence-corrected chi connectivity index (χ0v) is 16.5. The monoisotopic (exact) mass is 352 g/mol. The maximum atomic E-state index is 5.48. The lowest BCUT2D eigenvalue weighted by atomic mass is 10.0. The largest absolute Gasteiger partial charge is 0.496 e. The molecule has 25 heavy (non-hydrogen) atoms. The van der Waals surface area contributed by atoms with E-state index < -0.39 is 0 Å². The molecular formula is C22H24O2S. The van der Waals surface area contributed by atoms with E-state index in [9.17, 15) is 0 Å². The Hall–Kier alpha value is -2.26. The molecule has 0 aliphatic carbocycles. The molecule has 2 nitrogen and oxygen atoms in total. The molecule has 0 spiro atoms. The molecule has 3 rings (SSSR count). The zero-order valence-electron chi connectivity index (χ0n) is 15.7. The van der Waals surface area contributed by atoms with E-state index in [0.29, 0.717) is 0 Å². The van der Waals surface area contributed by atoms with Crippen LogP contribution in [0.25, 0.3) is 20.9 Å². The average molecular weight is 352 g/mol. The summed E-state index contributed by atoms with van der Waals surface area (Å²) in [5.41, 5.74) is 7.17. The second-order valence-corrected chi connectivity index (χ2v) is 7.53. The van der Waals surface area contributed by atoms with Gasteiger partial charge in [0.1, 0.15) is 11.5 Å². The molecule has 0 unspecified atom stereocenters. The summed E-state index contributed by atoms with van der Waals surface area (Å²) in [7, 11) is 3.46. The summed E-state index contributed by atoms with van der Waals surface area (Å²) >= 11 is 1.82. The molecule has 0 aliphatic heterocycles. The molecule has 0 fully saturated rings. The Morgan fingerprint density at radius 3 is 1.20 bits per heavy atom. The van der Waals surface area contributed by atoms with Gasteiger partial charge in [-0.25, -0.2) is 0 Å². The van der Waals surface area contributed by atoms with Gasteiger partial charge in [0.25, 0.3) is 0 Å². The van der Waals surface area contributed by atoms with Gasteiger partial charge >= 0.3 is 0 Å². The van der Waals surface area contributed by atoms with Crippen LogP contribution in [0, 0.1) is 27.7 Å². The predicted molar refractivity (Wildman–Crippen MR) is 107 cm³/mol. The van der Waals surface area contributed by atoms with Gasteiger partial charge in [-0.1, -0.05) is 0 Å². The highest BCUT2D eigenvalue weighted by atomic mass is 32.1. The van der Waals surface area contributed by atoms with Crippen LogP contribution in [0.3, 0.4) is 0 Å². The molecule has 0 saturated heterocycles. The SMILES string of the molecule is COc1c(C)cc(-c2ccc(-c3cc(C)c(OC)c(C)c3)s2)cc1C. The van der Waals surface area contributed by atoms with Gasteiger partial charge < -0.3 is 9.47 Å². The summed E-state index contributed by atoms with van der Waals surface area (Å²) in [6.45, 7) is 8.39. The first-order valence-corrected chi connectivity index (χ1v) is 9.17. The van der Waals surface area contributed by atoms with Crippen molar-refractivity contribution in [3.05, 3.63) is 58.7 Å². The summed E-state index contributed by atoms with van der Waals surface area (Å²) in [4.78, 5) is 2.55. The molecule has 0 N–H and O–H groups in total. The van der Waals surface area contributed by atoms with Gasteiger partial charge in [-0.2, -0.15) is 0 Å². The van der Waals surface area contributed by atoms with E-state index in [2.05, 4.69) is 64.1 Å². The van der Waals surface area contributed by atoms with Crippen molar-refractivity contribution in [3.63, 3.8) is 0 Å². The maximum absolute atomic E-state index is 5.48. The lowest BCUT2D eigenvalue weighted by Crippen LogP contribution is -1.91. The summed E-state index contributed by atoms with van der Waals surface area (Å²) in [5.74, 6) is 1.95. The molecule has 0 atom stereocenters. The molecule has 0 saturated carbocycles. The second kappa shape index (κ2) is 6.93. The van der Waals surface area contributed by atoms with Crippen molar-refractivity contribution in [1.29, 1.82) is 0 Å². The fourth-order valence-electron chi connectivity index (χ4n) is 3.48. The van der Waals surface area contributed by atoms with Crippen LogP contribution < -0.4 is 9.47 Å². The van der Waals surface area contributed by atoms with Crippen molar-refractivity contribution in [3.8, 4) is 32.4 Å². The molecule has 1 heterocycles. The quantitative estimate of drug-likeness (QED) is 0.546. The topological polar surface area (TPSA) is 18.5 Å². The average Bonchev–Trinajstić information content (AvgIpc) is 3.04. The van der Waals surface area contributed by atoms with E-state index in [4.69, 9.17) is 9.47 Å². The number of hydrogen-bond donors (Lipinski definition) is 0. The number of methoxy groups -OCH3 is 2. The van der Waals surface area contributed by atoms with Crippen molar-refractivity contribution in [2.75, 3.05) is 14.2 Å². The van der Waals surface area contributed by atoms with Gasteiger partial charge in [-0.05, 0) is 97.5 Å². The zero-order chi connectivity index (χ0) is 18.1. The van der Waals surface area contributed by atoms with E-state index in [1.165, 1.54) is 43.1 Å². The van der Waals surface area contributed by atoms with Crippen molar-refractivity contribution >= 4 is 11.3 Å². The Balaban J connectivity index is 2.01. The maximum Gasteiger partial charge on any atom is 0.124 e. The van der Waals surface area contributed by atoms with Gasteiger partial charge in [0.2, 0.25) is 0 Å². The first-order chi connectivity index (χ1) is 11.9. The molecule has 0 amide bonds. The van der Waals surface area contributed by atoms with E-state index in [1.807, 2.05) is 11.3 Å². The molecule has 3 aromatic rings. The number of rotatable bonds is 4. The van der Waals surface area contributed by atoms with Crippen LogP contribution in [0.5, 0.6) is 11.5 Å². The highest BCUT2D eigenvalue weighted by Crippen LogP contribution is 2.39. The van der Waals surface area contributed by atoms with Crippen LogP contribution in [0.2, 0.25) is 0 Å². The Kier molecular flexibility index (Phi) is 4.87. The van der Waals surface area contributed by atoms with Crippen LogP contribution in [0.1, 0.15) is 22.3 Å². The highest BCUT2D eigenvalue weighted by Gasteiger charge is 2.12. The summed E-state index contributed by atoms with van der Waals surface area (Å²) in [6.07, 6.45) is 0. The third-order valence-electron chi connectivity index (χ3n) is 4.50. The van der Waals surface area contributed by atoms with Crippen LogP contribution in [0.4, 0.5) is 0 Å². The van der Waals surface area contributed by atoms with Crippen molar-refractivity contribution in [1.82, 2.24) is 0 Å². The molecule has 1 aromatic heterocycles. The van der Waals surface area contributed by atoms with Gasteiger partial charge in [0.05, 0.1) is 14.2 Å². The number of benzene rings is 2. The van der Waals surface area contributed by atoms with E-state index in [0.717, 1.165) is 11.5 Å². The molecule has 0 radical (unpaired) electrons. The molecule has 2 aromatic carbocycles. The molecule has 3 heteroatoms. The minimum absolute atomic E-state index is 0.974. The smallest absolute Gasteiger partial charge is 0.124 e. The lowest BCUT2D eigenvalue weighted by molar-refractivity contribution is 0.408. The van der Waals surface area contributed by atoms with E-state index >= 15 is 0 Å². The summed E-state index contributed by atoms with van der Waals surface area (Å²) < 4.78 is 11.0. The Bertz CT molecular complexity index is 802. The number of thiophene rings is 1. The fourth-order valence-corrected chi connectivity index (χ4v) is 4.46. The molecule has 0 bridgehead atoms. The number of hydrogen-bond acceptors (Lipinski definition) is 3. The van der Waals surface area contributed by atoms with Crippen molar-refractivity contribution in [2.24, 2.45) is 0 Å². The highest BCUT2D eigenvalue weighted by molar-refractivity contribution is 7.18. The van der Waals surface area contributed by atoms with Crippen LogP contribution in [-0.4, -0.2) is 14.2 Å². The third-order valence-corrected chi connectivity index (χ3v) is 5.69. The lowest BCUT2D eigenvalue weighted by Gasteiger charge is -2.11. The fraction of sp³-hybridized carbons (Fsp3) is 0.273. The summed E-state index contributed by atoms with van der Waals surface area (Å²) in [6, 6.07) is 13.2. The van der Waals surface area contributed by atoms with Crippen LogP contribution in [0.15, 0.2) is 36.4 Å². The Morgan fingerprint density at radius 2 is 0.920 bits per heavy atom. The van der Waals surface area contributed by atoms with E-state index in [1.54, 1.807) is 14.2 Å². The van der Waals surface area contributed by atoms with Gasteiger partial charge in [0.15, 0.2) is 0 Å². The Labute approximate surface area is 154 Å². The molecule has 130 valence electrons. The number of aryl methyl sites for hydroxylation is 4. The van der Waals surface area contributed by atoms with E-state index in [-0.39, 0.29) is 0 Å². The van der Waals surface area contributed by atoms with Crippen LogP contribution >= 0.6 is 11.3 Å². The van der Waals surface area contributed by atoms with Gasteiger partial charge in [0, 0.05) is 9.75 Å². The summed E-state index contributed by atoms with van der Waals surface area (Å²) in [5, 5.41) is 0. The minimum Gasteiger partial charge on any atom is -0.496 e. The van der Waals surface area contributed by atoms with Crippen molar-refractivity contribution < 1.29 is 9.47 Å². The standard InChI is InChI=1S/C22H24O2S/c1-13-9-17(10-14(2)21(13)23-5)19-7-8-20(25-19)18-11-15(3)22(24-6)16(4)12-18/h7-12H,1-6H3. The first kappa shape index (κ1) is 17.6. The third kappa shape index (κ3) is 3.29. The Morgan fingerprint density at radius 1 is 0.600 bits per heavy atom. The first-order valence-electron chi connectivity index (χ1n) is 8.35. The normalized spacial score (nSPS) is 10.8. The van der Waals surface area contributed by atoms with Gasteiger partial charge in [-0.15, -0.1) is 11.3 Å². The minimum atomic E-state index is 0.974. The van der Waals surface area contributed by atoms with Crippen molar-refractivity contribution in [2.45, 2.75) is 27.7 Å². The predicted octanol–water partition coefficient (Wildman–Crippen LogP) is 6.33. The molecule has 0 aliphatic rings. The molecular weight excluding hydrogens is 328 g/mol. The number of ether oxygens (including phenoxy) is 2. The van der Waals surface area contributed by atoms with Gasteiger partial charge in [-0.3, -0.25) is 0 Å².